The van der Waals surface area contributed by atoms with Crippen LogP contribution in [-0.4, -0.2) is 18.8 Å². The Bertz CT molecular complexity index is 379. The fourth-order valence-electron chi connectivity index (χ4n) is 2.04. The van der Waals surface area contributed by atoms with Crippen molar-refractivity contribution in [3.8, 4) is 0 Å². The molecule has 0 bridgehead atoms. The van der Waals surface area contributed by atoms with Gasteiger partial charge in [0.05, 0.1) is 0 Å². The van der Waals surface area contributed by atoms with Gasteiger partial charge in [-0.2, -0.15) is 13.2 Å². The van der Waals surface area contributed by atoms with Crippen LogP contribution in [0.5, 0.6) is 0 Å². The molecular weight excluding hydrogens is 319 g/mol. The molecule has 0 aliphatic carbocycles. The van der Waals surface area contributed by atoms with E-state index in [1.807, 2.05) is 31.2 Å². The Morgan fingerprint density at radius 3 is 2.53 bits per heavy atom. The minimum absolute atomic E-state index is 0.0889. The predicted molar refractivity (Wildman–Crippen MR) is 75.2 cm³/mol. The van der Waals surface area contributed by atoms with Crippen LogP contribution < -0.4 is 5.32 Å². The summed E-state index contributed by atoms with van der Waals surface area (Å²) >= 11 is 3.47. The van der Waals surface area contributed by atoms with Crippen molar-refractivity contribution >= 4 is 15.9 Å². The van der Waals surface area contributed by atoms with E-state index >= 15 is 0 Å². The van der Waals surface area contributed by atoms with E-state index in [-0.39, 0.29) is 12.5 Å². The second-order valence-corrected chi connectivity index (χ2v) is 5.41. The molecular formula is C14H19BrF3N. The molecule has 0 radical (unpaired) electrons. The molecule has 0 saturated heterocycles. The van der Waals surface area contributed by atoms with Gasteiger partial charge in [-0.15, -0.1) is 0 Å². The second kappa shape index (κ2) is 7.90. The Labute approximate surface area is 120 Å². The maximum atomic E-state index is 12.2. The molecule has 0 aliphatic heterocycles. The topological polar surface area (TPSA) is 12.0 Å². The summed E-state index contributed by atoms with van der Waals surface area (Å²) in [6, 6.07) is 7.91. The highest BCUT2D eigenvalue weighted by atomic mass is 79.9. The summed E-state index contributed by atoms with van der Waals surface area (Å²) in [5.74, 6) is 0. The van der Waals surface area contributed by atoms with Crippen LogP contribution in [0, 0.1) is 0 Å². The largest absolute Gasteiger partial charge is 0.389 e. The van der Waals surface area contributed by atoms with Crippen LogP contribution in [0.15, 0.2) is 28.7 Å². The molecule has 1 aromatic rings. The van der Waals surface area contributed by atoms with E-state index in [0.717, 1.165) is 23.0 Å². The Morgan fingerprint density at radius 1 is 1.26 bits per heavy atom. The monoisotopic (exact) mass is 337 g/mol. The molecule has 0 saturated carbocycles. The fraction of sp³-hybridized carbons (Fsp3) is 0.571. The number of hydrogen-bond acceptors (Lipinski definition) is 1. The Balaban J connectivity index is 2.51. The van der Waals surface area contributed by atoms with Crippen molar-refractivity contribution in [1.29, 1.82) is 0 Å². The van der Waals surface area contributed by atoms with Gasteiger partial charge in [0.1, 0.15) is 0 Å². The highest BCUT2D eigenvalue weighted by Crippen LogP contribution is 2.24. The van der Waals surface area contributed by atoms with Gasteiger partial charge in [0, 0.05) is 16.9 Å². The standard InChI is InChI=1S/C14H19BrF3N/c1-2-19-12(7-5-9-14(16,17)18)10-11-6-3-4-8-13(11)15/h3-4,6,8,12,19H,2,5,7,9-10H2,1H3. The SMILES string of the molecule is CCNC(CCCC(F)(F)F)Cc1ccccc1Br. The predicted octanol–water partition coefficient (Wildman–Crippen LogP) is 4.70. The zero-order valence-corrected chi connectivity index (χ0v) is 12.5. The van der Waals surface area contributed by atoms with Gasteiger partial charge in [0.15, 0.2) is 0 Å². The van der Waals surface area contributed by atoms with Crippen LogP contribution in [0.1, 0.15) is 31.7 Å². The summed E-state index contributed by atoms with van der Waals surface area (Å²) in [5.41, 5.74) is 1.13. The number of benzene rings is 1. The van der Waals surface area contributed by atoms with Gasteiger partial charge in [0.25, 0.3) is 0 Å². The molecule has 0 fully saturated rings. The first-order chi connectivity index (χ1) is 8.92. The Hall–Kier alpha value is -0.550. The number of likely N-dealkylation sites (N-methyl/N-ethyl adjacent to an activating group) is 1. The molecule has 0 aromatic heterocycles. The van der Waals surface area contributed by atoms with Crippen LogP contribution >= 0.6 is 15.9 Å². The van der Waals surface area contributed by atoms with Crippen LogP contribution in [0.4, 0.5) is 13.2 Å². The summed E-state index contributed by atoms with van der Waals surface area (Å²) < 4.78 is 37.5. The first kappa shape index (κ1) is 16.5. The highest BCUT2D eigenvalue weighted by molar-refractivity contribution is 9.10. The zero-order valence-electron chi connectivity index (χ0n) is 10.9. The van der Waals surface area contributed by atoms with Crippen LogP contribution in [-0.2, 0) is 6.42 Å². The van der Waals surface area contributed by atoms with E-state index in [1.165, 1.54) is 0 Å². The highest BCUT2D eigenvalue weighted by Gasteiger charge is 2.26. The number of alkyl halides is 3. The molecule has 1 rings (SSSR count). The van der Waals surface area contributed by atoms with E-state index < -0.39 is 12.6 Å². The van der Waals surface area contributed by atoms with Gasteiger partial charge in [-0.3, -0.25) is 0 Å². The van der Waals surface area contributed by atoms with Crippen molar-refractivity contribution in [2.75, 3.05) is 6.54 Å². The first-order valence-electron chi connectivity index (χ1n) is 6.46. The van der Waals surface area contributed by atoms with Crippen LogP contribution in [0.3, 0.4) is 0 Å². The number of nitrogens with one attached hydrogen (secondary N) is 1. The Kier molecular flexibility index (Phi) is 6.86. The maximum Gasteiger partial charge on any atom is 0.389 e. The second-order valence-electron chi connectivity index (χ2n) is 4.56. The zero-order chi connectivity index (χ0) is 14.3. The van der Waals surface area contributed by atoms with Crippen LogP contribution in [0.2, 0.25) is 0 Å². The molecule has 5 heteroatoms. The number of hydrogen-bond donors (Lipinski definition) is 1. The lowest BCUT2D eigenvalue weighted by Gasteiger charge is -2.19. The smallest absolute Gasteiger partial charge is 0.314 e. The quantitative estimate of drug-likeness (QED) is 0.760. The third-order valence-electron chi connectivity index (χ3n) is 2.93. The third kappa shape index (κ3) is 6.97. The minimum atomic E-state index is -4.05. The van der Waals surface area contributed by atoms with Gasteiger partial charge in [-0.05, 0) is 37.4 Å². The van der Waals surface area contributed by atoms with Gasteiger partial charge in [0.2, 0.25) is 0 Å². The molecule has 1 nitrogen and oxygen atoms in total. The summed E-state index contributed by atoms with van der Waals surface area (Å²) in [5, 5.41) is 3.26. The van der Waals surface area contributed by atoms with E-state index in [0.29, 0.717) is 6.42 Å². The molecule has 0 amide bonds. The van der Waals surface area contributed by atoms with Gasteiger partial charge in [-0.25, -0.2) is 0 Å². The van der Waals surface area contributed by atoms with Crippen molar-refractivity contribution in [2.24, 2.45) is 0 Å². The fourth-order valence-corrected chi connectivity index (χ4v) is 2.49. The summed E-state index contributed by atoms with van der Waals surface area (Å²) in [6.45, 7) is 2.73. The molecule has 0 aliphatic rings. The lowest BCUT2D eigenvalue weighted by molar-refractivity contribution is -0.135. The van der Waals surface area contributed by atoms with Gasteiger partial charge in [-0.1, -0.05) is 41.1 Å². The number of rotatable bonds is 7. The van der Waals surface area contributed by atoms with Gasteiger partial charge >= 0.3 is 6.18 Å². The molecule has 1 aromatic carbocycles. The molecule has 0 spiro atoms. The normalized spacial score (nSPS) is 13.5. The minimum Gasteiger partial charge on any atom is -0.314 e. The van der Waals surface area contributed by atoms with E-state index in [4.69, 9.17) is 0 Å². The van der Waals surface area contributed by atoms with Crippen molar-refractivity contribution in [1.82, 2.24) is 5.32 Å². The lowest BCUT2D eigenvalue weighted by Crippen LogP contribution is -2.31. The molecule has 108 valence electrons. The molecule has 0 heterocycles. The average molecular weight is 338 g/mol. The van der Waals surface area contributed by atoms with E-state index in [2.05, 4.69) is 21.2 Å². The lowest BCUT2D eigenvalue weighted by atomic mass is 10.0. The average Bonchev–Trinajstić information content (AvgIpc) is 2.30. The molecule has 1 atom stereocenters. The molecule has 1 N–H and O–H groups in total. The Morgan fingerprint density at radius 2 is 1.95 bits per heavy atom. The van der Waals surface area contributed by atoms with E-state index in [9.17, 15) is 13.2 Å². The number of halogens is 4. The van der Waals surface area contributed by atoms with Crippen LogP contribution in [0.25, 0.3) is 0 Å². The maximum absolute atomic E-state index is 12.2. The van der Waals surface area contributed by atoms with E-state index in [1.54, 1.807) is 0 Å². The van der Waals surface area contributed by atoms with Crippen molar-refractivity contribution in [3.63, 3.8) is 0 Å². The van der Waals surface area contributed by atoms with Crippen molar-refractivity contribution in [2.45, 2.75) is 44.8 Å². The molecule has 1 unspecified atom stereocenters. The van der Waals surface area contributed by atoms with Gasteiger partial charge < -0.3 is 5.32 Å². The third-order valence-corrected chi connectivity index (χ3v) is 3.70. The summed E-state index contributed by atoms with van der Waals surface area (Å²) in [6.07, 6.45) is -3.30. The first-order valence-corrected chi connectivity index (χ1v) is 7.25. The molecule has 19 heavy (non-hydrogen) atoms. The van der Waals surface area contributed by atoms with Crippen molar-refractivity contribution in [3.05, 3.63) is 34.3 Å². The summed E-state index contributed by atoms with van der Waals surface area (Å²) in [4.78, 5) is 0. The summed E-state index contributed by atoms with van der Waals surface area (Å²) in [7, 11) is 0. The van der Waals surface area contributed by atoms with Crippen molar-refractivity contribution < 1.29 is 13.2 Å².